The molecule has 1 spiro atoms. The molecule has 2 heterocycles. The molecule has 1 saturated carbocycles. The highest BCUT2D eigenvalue weighted by Gasteiger charge is 2.53. The summed E-state index contributed by atoms with van der Waals surface area (Å²) in [5.74, 6) is -0.223. The van der Waals surface area contributed by atoms with E-state index in [0.717, 1.165) is 32.1 Å². The first-order valence-electron chi connectivity index (χ1n) is 9.70. The summed E-state index contributed by atoms with van der Waals surface area (Å²) >= 11 is 6.10. The molecule has 27 heavy (non-hydrogen) atoms. The lowest BCUT2D eigenvalue weighted by Crippen LogP contribution is -2.58. The normalized spacial score (nSPS) is 25.0. The van der Waals surface area contributed by atoms with Crippen LogP contribution in [0.25, 0.3) is 0 Å². The Bertz CT molecular complexity index is 714. The number of hydrogen-bond acceptors (Lipinski definition) is 4. The van der Waals surface area contributed by atoms with Crippen molar-refractivity contribution >= 4 is 23.4 Å². The lowest BCUT2D eigenvalue weighted by Gasteiger charge is -2.42. The molecular weight excluding hydrogens is 368 g/mol. The number of rotatable bonds is 2. The van der Waals surface area contributed by atoms with Crippen LogP contribution in [0.4, 0.5) is 0 Å². The van der Waals surface area contributed by atoms with Gasteiger partial charge in [0.05, 0.1) is 19.8 Å². The topological polar surface area (TPSA) is 59.1 Å². The number of benzene rings is 1. The molecular formula is C20H25ClN2O4. The minimum atomic E-state index is -0.676. The van der Waals surface area contributed by atoms with Gasteiger partial charge < -0.3 is 14.4 Å². The van der Waals surface area contributed by atoms with Crippen LogP contribution in [-0.2, 0) is 14.3 Å². The molecule has 2 saturated heterocycles. The summed E-state index contributed by atoms with van der Waals surface area (Å²) < 4.78 is 11.5. The average molecular weight is 393 g/mol. The third kappa shape index (κ3) is 3.58. The number of carbonyl (C=O) groups is 2. The Labute approximate surface area is 164 Å². The molecule has 6 nitrogen and oxygen atoms in total. The zero-order chi connectivity index (χ0) is 18.9. The van der Waals surface area contributed by atoms with E-state index in [0.29, 0.717) is 36.9 Å². The molecule has 0 bridgehead atoms. The molecule has 1 aliphatic carbocycles. The minimum absolute atomic E-state index is 0.0453. The molecule has 3 fully saturated rings. The van der Waals surface area contributed by atoms with Crippen molar-refractivity contribution in [3.63, 3.8) is 0 Å². The van der Waals surface area contributed by atoms with Gasteiger partial charge in [-0.25, -0.2) is 0 Å². The zero-order valence-electron chi connectivity index (χ0n) is 15.4. The molecule has 1 atom stereocenters. The van der Waals surface area contributed by atoms with Gasteiger partial charge in [-0.2, -0.15) is 0 Å². The van der Waals surface area contributed by atoms with Gasteiger partial charge in [0.15, 0.2) is 0 Å². The van der Waals surface area contributed by atoms with E-state index in [1.54, 1.807) is 34.1 Å². The highest BCUT2D eigenvalue weighted by molar-refractivity contribution is 6.31. The highest BCUT2D eigenvalue weighted by Crippen LogP contribution is 2.41. The van der Waals surface area contributed by atoms with Crippen molar-refractivity contribution in [2.45, 2.75) is 43.9 Å². The van der Waals surface area contributed by atoms with Crippen LogP contribution in [0.3, 0.4) is 0 Å². The average Bonchev–Trinajstić information content (AvgIpc) is 3.06. The Balaban J connectivity index is 1.65. The lowest BCUT2D eigenvalue weighted by atomic mass is 9.89. The summed E-state index contributed by atoms with van der Waals surface area (Å²) in [5, 5.41) is 0.509. The zero-order valence-corrected chi connectivity index (χ0v) is 16.1. The number of amides is 2. The van der Waals surface area contributed by atoms with Gasteiger partial charge in [-0.15, -0.1) is 0 Å². The van der Waals surface area contributed by atoms with Crippen LogP contribution in [0.15, 0.2) is 24.3 Å². The molecule has 4 rings (SSSR count). The van der Waals surface area contributed by atoms with Gasteiger partial charge in [0, 0.05) is 23.7 Å². The van der Waals surface area contributed by atoms with Gasteiger partial charge in [-0.1, -0.05) is 24.1 Å². The Morgan fingerprint density at radius 1 is 1.11 bits per heavy atom. The summed E-state index contributed by atoms with van der Waals surface area (Å²) in [7, 11) is 0. The Hall–Kier alpha value is -1.63. The van der Waals surface area contributed by atoms with Crippen LogP contribution in [0, 0.1) is 0 Å². The first kappa shape index (κ1) is 18.7. The second-order valence-electron chi connectivity index (χ2n) is 7.46. The first-order chi connectivity index (χ1) is 13.1. The van der Waals surface area contributed by atoms with Crippen molar-refractivity contribution in [1.29, 1.82) is 0 Å². The monoisotopic (exact) mass is 392 g/mol. The van der Waals surface area contributed by atoms with E-state index < -0.39 is 11.8 Å². The number of ether oxygens (including phenoxy) is 2. The van der Waals surface area contributed by atoms with Crippen LogP contribution < -0.4 is 0 Å². The fourth-order valence-electron chi connectivity index (χ4n) is 4.42. The van der Waals surface area contributed by atoms with Crippen molar-refractivity contribution in [3.05, 3.63) is 34.9 Å². The lowest BCUT2D eigenvalue weighted by molar-refractivity contribution is -0.141. The SMILES string of the molecule is O=C([C@H]1COC2(CCCCC2)N1C(=O)c1cccc(Cl)c1)N1CCOCC1. The molecule has 2 amide bonds. The second kappa shape index (κ2) is 7.78. The van der Waals surface area contributed by atoms with E-state index in [2.05, 4.69) is 0 Å². The molecule has 3 aliphatic rings. The number of hydrogen-bond donors (Lipinski definition) is 0. The van der Waals surface area contributed by atoms with E-state index in [-0.39, 0.29) is 18.4 Å². The second-order valence-corrected chi connectivity index (χ2v) is 7.89. The number of halogens is 1. The van der Waals surface area contributed by atoms with E-state index in [1.807, 2.05) is 0 Å². The molecule has 1 aromatic carbocycles. The number of nitrogens with zero attached hydrogens (tertiary/aromatic N) is 2. The van der Waals surface area contributed by atoms with Crippen molar-refractivity contribution in [2.75, 3.05) is 32.9 Å². The first-order valence-corrected chi connectivity index (χ1v) is 10.1. The molecule has 0 N–H and O–H groups in total. The highest BCUT2D eigenvalue weighted by atomic mass is 35.5. The summed E-state index contributed by atoms with van der Waals surface area (Å²) in [6, 6.07) is 6.33. The van der Waals surface area contributed by atoms with Crippen molar-refractivity contribution < 1.29 is 19.1 Å². The van der Waals surface area contributed by atoms with E-state index in [9.17, 15) is 9.59 Å². The molecule has 0 radical (unpaired) electrons. The largest absolute Gasteiger partial charge is 0.378 e. The maximum Gasteiger partial charge on any atom is 0.256 e. The molecule has 7 heteroatoms. The van der Waals surface area contributed by atoms with Crippen molar-refractivity contribution in [3.8, 4) is 0 Å². The van der Waals surface area contributed by atoms with E-state index in [4.69, 9.17) is 21.1 Å². The summed E-state index contributed by atoms with van der Waals surface area (Å²) in [6.07, 6.45) is 4.67. The molecule has 0 unspecified atom stereocenters. The number of carbonyl (C=O) groups excluding carboxylic acids is 2. The predicted octanol–water partition coefficient (Wildman–Crippen LogP) is 2.70. The smallest absolute Gasteiger partial charge is 0.256 e. The quantitative estimate of drug-likeness (QED) is 0.776. The summed E-state index contributed by atoms with van der Waals surface area (Å²) in [6.45, 7) is 2.44. The van der Waals surface area contributed by atoms with Gasteiger partial charge in [-0.05, 0) is 43.9 Å². The molecule has 1 aromatic rings. The fraction of sp³-hybridized carbons (Fsp3) is 0.600. The summed E-state index contributed by atoms with van der Waals surface area (Å²) in [4.78, 5) is 30.2. The fourth-order valence-corrected chi connectivity index (χ4v) is 4.61. The van der Waals surface area contributed by atoms with Gasteiger partial charge in [-0.3, -0.25) is 14.5 Å². The molecule has 146 valence electrons. The summed E-state index contributed by atoms with van der Waals surface area (Å²) in [5.41, 5.74) is -0.178. The van der Waals surface area contributed by atoms with Crippen LogP contribution in [0.2, 0.25) is 5.02 Å². The van der Waals surface area contributed by atoms with Gasteiger partial charge in [0.25, 0.3) is 5.91 Å². The Kier molecular flexibility index (Phi) is 5.39. The van der Waals surface area contributed by atoms with Crippen LogP contribution in [0.5, 0.6) is 0 Å². The van der Waals surface area contributed by atoms with Gasteiger partial charge in [0.1, 0.15) is 11.8 Å². The maximum atomic E-state index is 13.5. The van der Waals surface area contributed by atoms with Gasteiger partial charge in [0.2, 0.25) is 5.91 Å². The Morgan fingerprint density at radius 3 is 2.56 bits per heavy atom. The predicted molar refractivity (Wildman–Crippen MR) is 101 cm³/mol. The number of morpholine rings is 1. The van der Waals surface area contributed by atoms with Crippen molar-refractivity contribution in [2.24, 2.45) is 0 Å². The van der Waals surface area contributed by atoms with E-state index in [1.165, 1.54) is 0 Å². The molecule has 0 aromatic heterocycles. The maximum absolute atomic E-state index is 13.5. The molecule has 2 aliphatic heterocycles. The minimum Gasteiger partial charge on any atom is -0.378 e. The van der Waals surface area contributed by atoms with Gasteiger partial charge >= 0.3 is 0 Å². The third-order valence-electron chi connectivity index (χ3n) is 5.79. The van der Waals surface area contributed by atoms with Crippen LogP contribution in [-0.4, -0.2) is 66.3 Å². The standard InChI is InChI=1S/C20H25ClN2O4/c21-16-6-4-5-15(13-16)18(24)23-17(19(25)22-9-11-26-12-10-22)14-27-20(23)7-2-1-3-8-20/h4-6,13,17H,1-3,7-12,14H2/t17-/m1/s1. The third-order valence-corrected chi connectivity index (χ3v) is 6.03. The Morgan fingerprint density at radius 2 is 1.85 bits per heavy atom. The van der Waals surface area contributed by atoms with Crippen LogP contribution in [0.1, 0.15) is 42.5 Å². The van der Waals surface area contributed by atoms with Crippen molar-refractivity contribution in [1.82, 2.24) is 9.80 Å². The van der Waals surface area contributed by atoms with Crippen LogP contribution >= 0.6 is 11.6 Å². The van der Waals surface area contributed by atoms with E-state index >= 15 is 0 Å².